The van der Waals surface area contributed by atoms with Crippen molar-refractivity contribution in [3.63, 3.8) is 0 Å². The Morgan fingerprint density at radius 2 is 2.24 bits per heavy atom. The highest BCUT2D eigenvalue weighted by atomic mass is 16.2. The molecule has 0 aromatic heterocycles. The summed E-state index contributed by atoms with van der Waals surface area (Å²) in [6.45, 7) is 4.03. The molecule has 1 rings (SSSR count). The molecule has 3 N–H and O–H groups in total. The van der Waals surface area contributed by atoms with Crippen molar-refractivity contribution in [2.45, 2.75) is 26.3 Å². The fraction of sp³-hybridized carbons (Fsp3) is 0.385. The first-order valence-electron chi connectivity index (χ1n) is 5.59. The standard InChI is InChI=1S/C13H17N3O/c1-9(2)6-12(15)13(17)16-11-5-3-4-10(7-11)8-14/h3-5,7,9,12H,6,15H2,1-2H3,(H,16,17)/t12-/m0/s1. The summed E-state index contributed by atoms with van der Waals surface area (Å²) in [7, 11) is 0. The second kappa shape index (κ2) is 6.02. The number of carbonyl (C=O) groups excluding carboxylic acids is 1. The molecule has 0 unspecified atom stereocenters. The predicted octanol–water partition coefficient (Wildman–Crippen LogP) is 1.87. The summed E-state index contributed by atoms with van der Waals surface area (Å²) in [6, 6.07) is 8.28. The van der Waals surface area contributed by atoms with Gasteiger partial charge in [0, 0.05) is 5.69 Å². The maximum atomic E-state index is 11.7. The molecule has 1 amide bonds. The molecular weight excluding hydrogens is 214 g/mol. The lowest BCUT2D eigenvalue weighted by atomic mass is 10.0. The second-order valence-corrected chi connectivity index (χ2v) is 4.42. The van der Waals surface area contributed by atoms with Crippen LogP contribution in [0.1, 0.15) is 25.8 Å². The fourth-order valence-electron chi connectivity index (χ4n) is 1.52. The van der Waals surface area contributed by atoms with Gasteiger partial charge in [-0.15, -0.1) is 0 Å². The van der Waals surface area contributed by atoms with Crippen LogP contribution in [-0.4, -0.2) is 11.9 Å². The van der Waals surface area contributed by atoms with Crippen LogP contribution in [0.3, 0.4) is 0 Å². The summed E-state index contributed by atoms with van der Waals surface area (Å²) < 4.78 is 0. The first-order chi connectivity index (χ1) is 8.02. The number of nitrogens with one attached hydrogen (secondary N) is 1. The molecular formula is C13H17N3O. The Labute approximate surface area is 101 Å². The van der Waals surface area contributed by atoms with Crippen molar-refractivity contribution in [2.24, 2.45) is 11.7 Å². The lowest BCUT2D eigenvalue weighted by Gasteiger charge is -2.14. The average molecular weight is 231 g/mol. The third kappa shape index (κ3) is 4.25. The van der Waals surface area contributed by atoms with E-state index in [0.29, 0.717) is 23.6 Å². The first kappa shape index (κ1) is 13.2. The number of nitrogens with two attached hydrogens (primary N) is 1. The van der Waals surface area contributed by atoms with Crippen molar-refractivity contribution < 1.29 is 4.79 Å². The van der Waals surface area contributed by atoms with Crippen LogP contribution in [0.4, 0.5) is 5.69 Å². The molecule has 0 saturated heterocycles. The van der Waals surface area contributed by atoms with Crippen LogP contribution in [0.25, 0.3) is 0 Å². The van der Waals surface area contributed by atoms with Gasteiger partial charge in [0.05, 0.1) is 17.7 Å². The number of amides is 1. The molecule has 1 aromatic carbocycles. The maximum Gasteiger partial charge on any atom is 0.241 e. The Hall–Kier alpha value is -1.86. The van der Waals surface area contributed by atoms with Gasteiger partial charge in [0.25, 0.3) is 0 Å². The Kier molecular flexibility index (Phi) is 4.68. The van der Waals surface area contributed by atoms with E-state index >= 15 is 0 Å². The smallest absolute Gasteiger partial charge is 0.241 e. The number of nitrogens with zero attached hydrogens (tertiary/aromatic N) is 1. The molecule has 0 bridgehead atoms. The molecule has 0 fully saturated rings. The fourth-order valence-corrected chi connectivity index (χ4v) is 1.52. The van der Waals surface area contributed by atoms with Crippen molar-refractivity contribution in [2.75, 3.05) is 5.32 Å². The first-order valence-corrected chi connectivity index (χ1v) is 5.59. The molecule has 1 atom stereocenters. The number of anilines is 1. The number of rotatable bonds is 4. The highest BCUT2D eigenvalue weighted by Gasteiger charge is 2.14. The molecule has 0 spiro atoms. The van der Waals surface area contributed by atoms with Crippen LogP contribution in [0, 0.1) is 17.2 Å². The summed E-state index contributed by atoms with van der Waals surface area (Å²) >= 11 is 0. The summed E-state index contributed by atoms with van der Waals surface area (Å²) in [5.74, 6) is 0.162. The van der Waals surface area contributed by atoms with Gasteiger partial charge in [-0.25, -0.2) is 0 Å². The number of nitriles is 1. The second-order valence-electron chi connectivity index (χ2n) is 4.42. The van der Waals surface area contributed by atoms with Crippen LogP contribution >= 0.6 is 0 Å². The zero-order valence-corrected chi connectivity index (χ0v) is 10.1. The van der Waals surface area contributed by atoms with E-state index in [-0.39, 0.29) is 5.91 Å². The maximum absolute atomic E-state index is 11.7. The van der Waals surface area contributed by atoms with Crippen molar-refractivity contribution in [3.8, 4) is 6.07 Å². The van der Waals surface area contributed by atoms with E-state index < -0.39 is 6.04 Å². The lowest BCUT2D eigenvalue weighted by Crippen LogP contribution is -2.36. The van der Waals surface area contributed by atoms with Crippen molar-refractivity contribution in [1.29, 1.82) is 5.26 Å². The van der Waals surface area contributed by atoms with Gasteiger partial charge in [0.2, 0.25) is 5.91 Å². The minimum Gasteiger partial charge on any atom is -0.325 e. The molecule has 90 valence electrons. The largest absolute Gasteiger partial charge is 0.325 e. The highest BCUT2D eigenvalue weighted by Crippen LogP contribution is 2.11. The molecule has 17 heavy (non-hydrogen) atoms. The van der Waals surface area contributed by atoms with E-state index in [1.807, 2.05) is 19.9 Å². The summed E-state index contributed by atoms with van der Waals surface area (Å²) in [4.78, 5) is 11.7. The van der Waals surface area contributed by atoms with Crippen LogP contribution in [-0.2, 0) is 4.79 Å². The molecule has 0 heterocycles. The third-order valence-electron chi connectivity index (χ3n) is 2.32. The highest BCUT2D eigenvalue weighted by molar-refractivity contribution is 5.94. The van der Waals surface area contributed by atoms with E-state index in [9.17, 15) is 4.79 Å². The van der Waals surface area contributed by atoms with E-state index in [1.165, 1.54) is 0 Å². The Morgan fingerprint density at radius 3 is 2.82 bits per heavy atom. The van der Waals surface area contributed by atoms with Gasteiger partial charge >= 0.3 is 0 Å². The molecule has 4 nitrogen and oxygen atoms in total. The normalized spacial score (nSPS) is 11.9. The van der Waals surface area contributed by atoms with Gasteiger partial charge in [-0.1, -0.05) is 19.9 Å². The molecule has 0 aliphatic heterocycles. The lowest BCUT2D eigenvalue weighted by molar-refractivity contribution is -0.117. The van der Waals surface area contributed by atoms with E-state index in [0.717, 1.165) is 0 Å². The van der Waals surface area contributed by atoms with Crippen LogP contribution < -0.4 is 11.1 Å². The van der Waals surface area contributed by atoms with Gasteiger partial charge in [0.1, 0.15) is 0 Å². The number of carbonyl (C=O) groups is 1. The Morgan fingerprint density at radius 1 is 1.53 bits per heavy atom. The zero-order chi connectivity index (χ0) is 12.8. The molecule has 1 aromatic rings. The minimum atomic E-state index is -0.513. The number of hydrogen-bond donors (Lipinski definition) is 2. The Bertz CT molecular complexity index is 435. The van der Waals surface area contributed by atoms with Gasteiger partial charge in [0.15, 0.2) is 0 Å². The van der Waals surface area contributed by atoms with Gasteiger partial charge in [-0.2, -0.15) is 5.26 Å². The quantitative estimate of drug-likeness (QED) is 0.830. The predicted molar refractivity (Wildman–Crippen MR) is 67.2 cm³/mol. The van der Waals surface area contributed by atoms with Crippen LogP contribution in [0.2, 0.25) is 0 Å². The monoisotopic (exact) mass is 231 g/mol. The number of benzene rings is 1. The summed E-state index contributed by atoms with van der Waals surface area (Å²) in [6.07, 6.45) is 0.643. The topological polar surface area (TPSA) is 78.9 Å². The van der Waals surface area contributed by atoms with Gasteiger partial charge in [-0.05, 0) is 30.5 Å². The molecule has 0 aliphatic carbocycles. The molecule has 4 heteroatoms. The van der Waals surface area contributed by atoms with Crippen molar-refractivity contribution in [3.05, 3.63) is 29.8 Å². The summed E-state index contributed by atoms with van der Waals surface area (Å²) in [5.41, 5.74) is 6.88. The molecule has 0 aliphatic rings. The average Bonchev–Trinajstić information content (AvgIpc) is 2.28. The molecule has 0 radical (unpaired) electrons. The van der Waals surface area contributed by atoms with Gasteiger partial charge < -0.3 is 11.1 Å². The zero-order valence-electron chi connectivity index (χ0n) is 10.1. The summed E-state index contributed by atoms with van der Waals surface area (Å²) in [5, 5.41) is 11.4. The van der Waals surface area contributed by atoms with E-state index in [2.05, 4.69) is 5.32 Å². The minimum absolute atomic E-state index is 0.214. The van der Waals surface area contributed by atoms with Crippen molar-refractivity contribution in [1.82, 2.24) is 0 Å². The van der Waals surface area contributed by atoms with Gasteiger partial charge in [-0.3, -0.25) is 4.79 Å². The SMILES string of the molecule is CC(C)C[C@H](N)C(=O)Nc1cccc(C#N)c1. The van der Waals surface area contributed by atoms with Crippen LogP contribution in [0.15, 0.2) is 24.3 Å². The van der Waals surface area contributed by atoms with Crippen molar-refractivity contribution >= 4 is 11.6 Å². The molecule has 0 saturated carbocycles. The Balaban J connectivity index is 2.65. The van der Waals surface area contributed by atoms with E-state index in [4.69, 9.17) is 11.0 Å². The van der Waals surface area contributed by atoms with Crippen LogP contribution in [0.5, 0.6) is 0 Å². The number of hydrogen-bond acceptors (Lipinski definition) is 3. The third-order valence-corrected chi connectivity index (χ3v) is 2.32. The van der Waals surface area contributed by atoms with E-state index in [1.54, 1.807) is 24.3 Å².